The molecule has 0 saturated carbocycles. The molecule has 0 bridgehead atoms. The number of nitrogens with one attached hydrogen (secondary N) is 1. The number of aromatic carboxylic acids is 1. The van der Waals surface area contributed by atoms with Crippen LogP contribution in [0.1, 0.15) is 34.1 Å². The maximum Gasteiger partial charge on any atom is 0.335 e. The average Bonchev–Trinajstić information content (AvgIpc) is 3.09. The smallest absolute Gasteiger partial charge is 0.335 e. The number of Topliss-reactive ketones (excluding diaryl/α,β-unsaturated/α-hetero) is 1. The van der Waals surface area contributed by atoms with Crippen LogP contribution in [0.2, 0.25) is 5.02 Å². The number of hydrogen-bond acceptors (Lipinski definition) is 7. The Hall–Kier alpha value is -3.59. The quantitative estimate of drug-likeness (QED) is 0.621. The van der Waals surface area contributed by atoms with Crippen LogP contribution in [0.4, 0.5) is 10.1 Å². The molecule has 1 aliphatic heterocycles. The van der Waals surface area contributed by atoms with Gasteiger partial charge in [0.05, 0.1) is 25.5 Å². The number of carboxylic acids is 1. The van der Waals surface area contributed by atoms with Crippen LogP contribution in [-0.4, -0.2) is 42.5 Å². The summed E-state index contributed by atoms with van der Waals surface area (Å²) in [5.41, 5.74) is -1.73. The molecule has 1 spiro atoms. The second-order valence-corrected chi connectivity index (χ2v) is 8.11. The van der Waals surface area contributed by atoms with Crippen LogP contribution in [0.5, 0.6) is 17.2 Å². The minimum atomic E-state index is -1.86. The number of ketones is 2. The van der Waals surface area contributed by atoms with E-state index in [9.17, 15) is 18.8 Å². The highest BCUT2D eigenvalue weighted by Crippen LogP contribution is 2.53. The van der Waals surface area contributed by atoms with Gasteiger partial charge in [0.25, 0.3) is 0 Å². The molecule has 2 atom stereocenters. The van der Waals surface area contributed by atoms with Crippen molar-refractivity contribution in [2.45, 2.75) is 18.9 Å². The number of halogens is 2. The van der Waals surface area contributed by atoms with Crippen molar-refractivity contribution in [3.05, 3.63) is 58.0 Å². The Morgan fingerprint density at radius 2 is 1.94 bits per heavy atom. The monoisotopic (exact) mass is 475 g/mol. The summed E-state index contributed by atoms with van der Waals surface area (Å²) in [5.74, 6) is -3.44. The molecule has 2 unspecified atom stereocenters. The Labute approximate surface area is 192 Å². The van der Waals surface area contributed by atoms with E-state index in [4.69, 9.17) is 30.9 Å². The largest absolute Gasteiger partial charge is 0.496 e. The van der Waals surface area contributed by atoms with Gasteiger partial charge in [0.1, 0.15) is 27.9 Å². The number of carbonyl (C=O) groups excluding carboxylic acids is 2. The zero-order valence-corrected chi connectivity index (χ0v) is 18.6. The van der Waals surface area contributed by atoms with Crippen LogP contribution < -0.4 is 19.5 Å². The highest BCUT2D eigenvalue weighted by molar-refractivity contribution is 6.36. The van der Waals surface area contributed by atoms with Crippen molar-refractivity contribution in [3.8, 4) is 17.2 Å². The number of carbonyl (C=O) groups is 3. The Kier molecular flexibility index (Phi) is 5.53. The van der Waals surface area contributed by atoms with E-state index in [-0.39, 0.29) is 45.5 Å². The van der Waals surface area contributed by atoms with Gasteiger partial charge in [0.15, 0.2) is 5.75 Å². The highest BCUT2D eigenvalue weighted by atomic mass is 35.5. The molecular formula is C23H19ClFNO7. The predicted molar refractivity (Wildman–Crippen MR) is 116 cm³/mol. The molecule has 0 amide bonds. The summed E-state index contributed by atoms with van der Waals surface area (Å²) in [7, 11) is 2.77. The number of hydrogen-bond donors (Lipinski definition) is 2. The molecule has 172 valence electrons. The molecular weight excluding hydrogens is 457 g/mol. The molecule has 1 aliphatic carbocycles. The number of carboxylic acid groups (broad SMARTS) is 1. The maximum absolute atomic E-state index is 14.2. The van der Waals surface area contributed by atoms with Crippen LogP contribution in [0.25, 0.3) is 0 Å². The van der Waals surface area contributed by atoms with Gasteiger partial charge in [0.2, 0.25) is 17.2 Å². The molecule has 8 nitrogen and oxygen atoms in total. The molecule has 2 N–H and O–H groups in total. The van der Waals surface area contributed by atoms with E-state index in [1.54, 1.807) is 6.92 Å². The van der Waals surface area contributed by atoms with Crippen LogP contribution in [0.3, 0.4) is 0 Å². The Morgan fingerprint density at radius 1 is 1.24 bits per heavy atom. The Balaban J connectivity index is 1.72. The number of allylic oxidation sites excluding steroid dienone is 1. The van der Waals surface area contributed by atoms with Gasteiger partial charge in [0, 0.05) is 23.8 Å². The molecule has 0 radical (unpaired) electrons. The van der Waals surface area contributed by atoms with Crippen LogP contribution in [0.15, 0.2) is 36.0 Å². The van der Waals surface area contributed by atoms with E-state index in [1.165, 1.54) is 20.3 Å². The van der Waals surface area contributed by atoms with E-state index < -0.39 is 34.9 Å². The number of fused-ring (bicyclic) bond motifs is 1. The third kappa shape index (κ3) is 3.39. The van der Waals surface area contributed by atoms with Gasteiger partial charge in [-0.2, -0.15) is 0 Å². The Bertz CT molecular complexity index is 1240. The molecule has 1 heterocycles. The number of ether oxygens (including phenoxy) is 3. The fourth-order valence-electron chi connectivity index (χ4n) is 4.14. The third-order valence-electron chi connectivity index (χ3n) is 5.82. The molecule has 0 fully saturated rings. The van der Waals surface area contributed by atoms with Crippen LogP contribution in [-0.2, 0) is 4.79 Å². The Morgan fingerprint density at radius 3 is 2.55 bits per heavy atom. The normalized spacial score (nSPS) is 21.4. The summed E-state index contributed by atoms with van der Waals surface area (Å²) in [4.78, 5) is 37.9. The number of rotatable bonds is 5. The fourth-order valence-corrected chi connectivity index (χ4v) is 4.41. The van der Waals surface area contributed by atoms with E-state index in [2.05, 4.69) is 5.32 Å². The van der Waals surface area contributed by atoms with Crippen molar-refractivity contribution in [2.75, 3.05) is 19.5 Å². The minimum Gasteiger partial charge on any atom is -0.496 e. The molecule has 0 saturated heterocycles. The molecule has 10 heteroatoms. The minimum absolute atomic E-state index is 0.00285. The van der Waals surface area contributed by atoms with Crippen molar-refractivity contribution >= 4 is 34.8 Å². The van der Waals surface area contributed by atoms with Crippen molar-refractivity contribution in [1.29, 1.82) is 0 Å². The van der Waals surface area contributed by atoms with E-state index in [0.29, 0.717) is 5.70 Å². The second-order valence-electron chi connectivity index (χ2n) is 7.73. The molecule has 33 heavy (non-hydrogen) atoms. The van der Waals surface area contributed by atoms with E-state index in [1.807, 2.05) is 0 Å². The van der Waals surface area contributed by atoms with Gasteiger partial charge in [-0.1, -0.05) is 18.5 Å². The first-order valence-corrected chi connectivity index (χ1v) is 10.2. The topological polar surface area (TPSA) is 111 Å². The summed E-state index contributed by atoms with van der Waals surface area (Å²) >= 11 is 6.35. The molecule has 2 aromatic carbocycles. The average molecular weight is 476 g/mol. The first-order valence-electron chi connectivity index (χ1n) is 9.87. The lowest BCUT2D eigenvalue weighted by atomic mass is 9.74. The van der Waals surface area contributed by atoms with E-state index >= 15 is 0 Å². The standard InChI is InChI=1S/C23H19ClFNO7/c1-10-6-12(26-14-7-11(22(29)30)4-5-13(14)25)8-17(27)23(10)21(28)18-15(31-2)9-16(32-3)19(24)20(18)33-23/h4-5,7-10,26H,6H2,1-3H3,(H,29,30). The lowest BCUT2D eigenvalue weighted by molar-refractivity contribution is -0.129. The van der Waals surface area contributed by atoms with Crippen molar-refractivity contribution in [1.82, 2.24) is 0 Å². The first-order chi connectivity index (χ1) is 15.6. The zero-order valence-electron chi connectivity index (χ0n) is 17.8. The van der Waals surface area contributed by atoms with Gasteiger partial charge in [-0.15, -0.1) is 0 Å². The summed E-state index contributed by atoms with van der Waals surface area (Å²) in [5, 5.41) is 11.9. The van der Waals surface area contributed by atoms with Crippen LogP contribution >= 0.6 is 11.6 Å². The zero-order chi connectivity index (χ0) is 24.1. The van der Waals surface area contributed by atoms with Gasteiger partial charge in [-0.3, -0.25) is 9.59 Å². The highest BCUT2D eigenvalue weighted by Gasteiger charge is 2.60. The molecule has 2 aromatic rings. The SMILES string of the molecule is COc1cc(OC)c2c(c1Cl)OC1(C(=O)C=C(Nc3cc(C(=O)O)ccc3F)CC1C)C2=O. The van der Waals surface area contributed by atoms with Gasteiger partial charge < -0.3 is 24.6 Å². The lowest BCUT2D eigenvalue weighted by Gasteiger charge is -2.35. The summed E-state index contributed by atoms with van der Waals surface area (Å²) in [6.07, 6.45) is 1.30. The van der Waals surface area contributed by atoms with Gasteiger partial charge >= 0.3 is 5.97 Å². The fraction of sp³-hybridized carbons (Fsp3) is 0.261. The number of methoxy groups -OCH3 is 2. The second kappa shape index (κ2) is 8.08. The van der Waals surface area contributed by atoms with E-state index in [0.717, 1.165) is 24.3 Å². The third-order valence-corrected chi connectivity index (χ3v) is 6.18. The molecule has 4 rings (SSSR count). The number of anilines is 1. The maximum atomic E-state index is 14.2. The summed E-state index contributed by atoms with van der Waals surface area (Å²) in [6.45, 7) is 1.65. The van der Waals surface area contributed by atoms with Crippen LogP contribution in [0, 0.1) is 11.7 Å². The van der Waals surface area contributed by atoms with Crippen molar-refractivity contribution in [3.63, 3.8) is 0 Å². The van der Waals surface area contributed by atoms with Gasteiger partial charge in [-0.05, 0) is 24.6 Å². The molecule has 0 aromatic heterocycles. The van der Waals surface area contributed by atoms with Gasteiger partial charge in [-0.25, -0.2) is 9.18 Å². The molecule has 2 aliphatic rings. The predicted octanol–water partition coefficient (Wildman–Crippen LogP) is 4.11. The van der Waals surface area contributed by atoms with Crippen molar-refractivity contribution < 1.29 is 38.1 Å². The lowest BCUT2D eigenvalue weighted by Crippen LogP contribution is -2.55. The number of benzene rings is 2. The summed E-state index contributed by atoms with van der Waals surface area (Å²) in [6, 6.07) is 4.72. The van der Waals surface area contributed by atoms with Crippen molar-refractivity contribution in [2.24, 2.45) is 5.92 Å². The first kappa shape index (κ1) is 22.6. The summed E-state index contributed by atoms with van der Waals surface area (Å²) < 4.78 is 30.7.